The van der Waals surface area contributed by atoms with E-state index >= 15 is 0 Å². The van der Waals surface area contributed by atoms with Crippen molar-refractivity contribution in [1.82, 2.24) is 10.2 Å². The van der Waals surface area contributed by atoms with Gasteiger partial charge in [-0.1, -0.05) is 0 Å². The zero-order valence-electron chi connectivity index (χ0n) is 20.3. The average molecular weight is 458 g/mol. The summed E-state index contributed by atoms with van der Waals surface area (Å²) in [5.74, 6) is 1.39. The summed E-state index contributed by atoms with van der Waals surface area (Å²) in [6.07, 6.45) is 5.92. The summed E-state index contributed by atoms with van der Waals surface area (Å²) in [5.41, 5.74) is 1.38. The third-order valence-electron chi connectivity index (χ3n) is 6.87. The van der Waals surface area contributed by atoms with Crippen molar-refractivity contribution in [2.75, 3.05) is 38.1 Å². The Kier molecular flexibility index (Phi) is 7.47. The Morgan fingerprint density at radius 2 is 2.00 bits per heavy atom. The van der Waals surface area contributed by atoms with Gasteiger partial charge in [-0.15, -0.1) is 0 Å². The van der Waals surface area contributed by atoms with Crippen molar-refractivity contribution in [3.8, 4) is 5.75 Å². The van der Waals surface area contributed by atoms with Crippen LogP contribution in [0.5, 0.6) is 5.75 Å². The van der Waals surface area contributed by atoms with E-state index in [1.807, 2.05) is 39.0 Å². The van der Waals surface area contributed by atoms with Gasteiger partial charge < -0.3 is 20.1 Å². The Hall–Kier alpha value is -2.28. The van der Waals surface area contributed by atoms with Gasteiger partial charge in [0.1, 0.15) is 11.4 Å². The molecule has 0 spiro atoms. The summed E-state index contributed by atoms with van der Waals surface area (Å²) in [6.45, 7) is 9.63. The molecule has 2 saturated heterocycles. The lowest BCUT2D eigenvalue weighted by atomic mass is 9.91. The van der Waals surface area contributed by atoms with Crippen LogP contribution in [-0.4, -0.2) is 61.2 Å². The van der Waals surface area contributed by atoms with Crippen molar-refractivity contribution in [2.45, 2.75) is 76.9 Å². The highest BCUT2D eigenvalue weighted by atomic mass is 16.6. The molecule has 3 aliphatic rings. The van der Waals surface area contributed by atoms with E-state index in [-0.39, 0.29) is 11.7 Å². The number of piperidine rings is 1. The summed E-state index contributed by atoms with van der Waals surface area (Å²) in [7, 11) is 0. The van der Waals surface area contributed by atoms with Crippen LogP contribution >= 0.6 is 0 Å². The standard InChI is InChI=1S/C26H39N3O4/c1-26(2,3)33-25(31)29-13-5-9-23(29)24(30)21-17-28-22-11-10-19(15-20(21)22)32-14-6-8-18-7-4-12-27-16-18/h10-11,15,18,21,23,27-28H,4-9,12-14,16-17H2,1-3H3/t18?,21?,23-/m1/s1. The van der Waals surface area contributed by atoms with Gasteiger partial charge in [-0.2, -0.15) is 0 Å². The number of Topliss-reactive ketones (excluding diaryl/α,β-unsaturated/α-hetero) is 1. The molecule has 3 atom stereocenters. The Labute approximate surface area is 197 Å². The zero-order valence-corrected chi connectivity index (χ0v) is 20.3. The van der Waals surface area contributed by atoms with Crippen molar-refractivity contribution in [3.63, 3.8) is 0 Å². The number of likely N-dealkylation sites (tertiary alicyclic amines) is 1. The van der Waals surface area contributed by atoms with Crippen LogP contribution in [0.25, 0.3) is 0 Å². The zero-order chi connectivity index (χ0) is 23.4. The Morgan fingerprint density at radius 1 is 1.15 bits per heavy atom. The van der Waals surface area contributed by atoms with Crippen molar-refractivity contribution < 1.29 is 19.1 Å². The smallest absolute Gasteiger partial charge is 0.410 e. The Morgan fingerprint density at radius 3 is 2.76 bits per heavy atom. The minimum Gasteiger partial charge on any atom is -0.494 e. The first-order chi connectivity index (χ1) is 15.8. The normalized spacial score (nSPS) is 24.8. The SMILES string of the molecule is CC(C)(C)OC(=O)N1CCC[C@@H]1C(=O)C1CNc2ccc(OCCCC3CCCNC3)cc21. The first kappa shape index (κ1) is 23.9. The molecule has 1 amide bonds. The van der Waals surface area contributed by atoms with E-state index in [0.717, 1.165) is 48.8 Å². The second kappa shape index (κ2) is 10.3. The molecule has 0 saturated carbocycles. The molecule has 0 aromatic heterocycles. The maximum Gasteiger partial charge on any atom is 0.410 e. The Bertz CT molecular complexity index is 844. The Balaban J connectivity index is 1.35. The molecule has 4 rings (SSSR count). The molecule has 2 unspecified atom stereocenters. The number of hydrogen-bond donors (Lipinski definition) is 2. The van der Waals surface area contributed by atoms with Crippen LogP contribution in [0.3, 0.4) is 0 Å². The van der Waals surface area contributed by atoms with Gasteiger partial charge in [0.15, 0.2) is 5.78 Å². The number of ether oxygens (including phenoxy) is 2. The summed E-state index contributed by atoms with van der Waals surface area (Å²) in [6, 6.07) is 5.56. The predicted octanol–water partition coefficient (Wildman–Crippen LogP) is 4.32. The number of benzene rings is 1. The van der Waals surface area contributed by atoms with Gasteiger partial charge in [0, 0.05) is 18.8 Å². The number of fused-ring (bicyclic) bond motifs is 1. The average Bonchev–Trinajstić information content (AvgIpc) is 3.43. The van der Waals surface area contributed by atoms with E-state index < -0.39 is 17.7 Å². The maximum atomic E-state index is 13.5. The minimum atomic E-state index is -0.575. The summed E-state index contributed by atoms with van der Waals surface area (Å²) < 4.78 is 11.6. The van der Waals surface area contributed by atoms with E-state index in [9.17, 15) is 9.59 Å². The molecule has 33 heavy (non-hydrogen) atoms. The molecular formula is C26H39N3O4. The lowest BCUT2D eigenvalue weighted by Crippen LogP contribution is -2.45. The van der Waals surface area contributed by atoms with E-state index in [1.54, 1.807) is 4.90 Å². The van der Waals surface area contributed by atoms with Crippen LogP contribution in [0.15, 0.2) is 18.2 Å². The quantitative estimate of drug-likeness (QED) is 0.594. The van der Waals surface area contributed by atoms with Crippen molar-refractivity contribution in [2.24, 2.45) is 5.92 Å². The summed E-state index contributed by atoms with van der Waals surface area (Å²) >= 11 is 0. The molecule has 7 nitrogen and oxygen atoms in total. The molecular weight excluding hydrogens is 418 g/mol. The van der Waals surface area contributed by atoms with E-state index in [2.05, 4.69) is 10.6 Å². The van der Waals surface area contributed by atoms with Gasteiger partial charge in [-0.25, -0.2) is 4.79 Å². The fourth-order valence-electron chi connectivity index (χ4n) is 5.22. The number of nitrogens with zero attached hydrogens (tertiary/aromatic N) is 1. The van der Waals surface area contributed by atoms with Gasteiger partial charge in [-0.05, 0) is 102 Å². The summed E-state index contributed by atoms with van der Waals surface area (Å²) in [5, 5.41) is 6.83. The minimum absolute atomic E-state index is 0.0894. The summed E-state index contributed by atoms with van der Waals surface area (Å²) in [4.78, 5) is 27.8. The molecule has 3 aliphatic heterocycles. The molecule has 7 heteroatoms. The van der Waals surface area contributed by atoms with E-state index in [1.165, 1.54) is 19.3 Å². The second-order valence-electron chi connectivity index (χ2n) is 10.6. The lowest BCUT2D eigenvalue weighted by Gasteiger charge is -2.29. The van der Waals surface area contributed by atoms with E-state index in [4.69, 9.17) is 9.47 Å². The molecule has 1 aromatic rings. The molecule has 0 radical (unpaired) electrons. The number of nitrogens with one attached hydrogen (secondary N) is 2. The van der Waals surface area contributed by atoms with Gasteiger partial charge in [0.25, 0.3) is 0 Å². The monoisotopic (exact) mass is 457 g/mol. The molecule has 2 fully saturated rings. The van der Waals surface area contributed by atoms with Crippen LogP contribution in [-0.2, 0) is 9.53 Å². The van der Waals surface area contributed by atoms with Crippen LogP contribution in [0.1, 0.15) is 70.8 Å². The topological polar surface area (TPSA) is 79.9 Å². The second-order valence-corrected chi connectivity index (χ2v) is 10.6. The fourth-order valence-corrected chi connectivity index (χ4v) is 5.22. The maximum absolute atomic E-state index is 13.5. The molecule has 1 aromatic carbocycles. The third-order valence-corrected chi connectivity index (χ3v) is 6.87. The van der Waals surface area contributed by atoms with Crippen LogP contribution in [0.2, 0.25) is 0 Å². The van der Waals surface area contributed by atoms with Gasteiger partial charge in [0.2, 0.25) is 0 Å². The number of anilines is 1. The van der Waals surface area contributed by atoms with Gasteiger partial charge in [0.05, 0.1) is 18.6 Å². The highest BCUT2D eigenvalue weighted by Crippen LogP contribution is 2.37. The van der Waals surface area contributed by atoms with Crippen LogP contribution < -0.4 is 15.4 Å². The largest absolute Gasteiger partial charge is 0.494 e. The van der Waals surface area contributed by atoms with Gasteiger partial charge >= 0.3 is 6.09 Å². The molecule has 3 heterocycles. The highest BCUT2D eigenvalue weighted by Gasteiger charge is 2.41. The predicted molar refractivity (Wildman–Crippen MR) is 129 cm³/mol. The fraction of sp³-hybridized carbons (Fsp3) is 0.692. The number of hydrogen-bond acceptors (Lipinski definition) is 6. The van der Waals surface area contributed by atoms with Crippen LogP contribution in [0, 0.1) is 5.92 Å². The third kappa shape index (κ3) is 5.99. The number of ketones is 1. The van der Waals surface area contributed by atoms with Crippen molar-refractivity contribution >= 4 is 17.6 Å². The molecule has 0 bridgehead atoms. The van der Waals surface area contributed by atoms with Crippen molar-refractivity contribution in [3.05, 3.63) is 23.8 Å². The van der Waals surface area contributed by atoms with E-state index in [0.29, 0.717) is 26.1 Å². The molecule has 2 N–H and O–H groups in total. The van der Waals surface area contributed by atoms with Gasteiger partial charge in [-0.3, -0.25) is 9.69 Å². The number of rotatable bonds is 7. The first-order valence-corrected chi connectivity index (χ1v) is 12.6. The highest BCUT2D eigenvalue weighted by molar-refractivity contribution is 5.96. The number of carbonyl (C=O) groups excluding carboxylic acids is 2. The number of amides is 1. The first-order valence-electron chi connectivity index (χ1n) is 12.6. The molecule has 182 valence electrons. The number of carbonyl (C=O) groups is 2. The van der Waals surface area contributed by atoms with Crippen LogP contribution in [0.4, 0.5) is 10.5 Å². The van der Waals surface area contributed by atoms with Crippen molar-refractivity contribution in [1.29, 1.82) is 0 Å². The lowest BCUT2D eigenvalue weighted by molar-refractivity contribution is -0.124. The molecule has 0 aliphatic carbocycles.